The van der Waals surface area contributed by atoms with E-state index in [1.54, 1.807) is 6.07 Å². The third-order valence-electron chi connectivity index (χ3n) is 5.63. The summed E-state index contributed by atoms with van der Waals surface area (Å²) in [5.41, 5.74) is 4.26. The molecular formula is C24H25NO3. The number of likely N-dealkylation sites (tertiary alicyclic amines) is 1. The summed E-state index contributed by atoms with van der Waals surface area (Å²) < 4.78 is 5.50. The van der Waals surface area contributed by atoms with E-state index in [-0.39, 0.29) is 17.5 Å². The molecule has 3 aromatic rings. The van der Waals surface area contributed by atoms with E-state index < -0.39 is 0 Å². The molecule has 0 bridgehead atoms. The Morgan fingerprint density at radius 1 is 1.07 bits per heavy atom. The highest BCUT2D eigenvalue weighted by molar-refractivity contribution is 5.94. The molecule has 0 aliphatic carbocycles. The van der Waals surface area contributed by atoms with Crippen molar-refractivity contribution in [2.24, 2.45) is 5.92 Å². The number of nitrogens with zero attached hydrogens (tertiary/aromatic N) is 1. The molecule has 4 nitrogen and oxygen atoms in total. The second-order valence-corrected chi connectivity index (χ2v) is 7.76. The molecule has 1 amide bonds. The zero-order chi connectivity index (χ0) is 19.7. The lowest BCUT2D eigenvalue weighted by Gasteiger charge is -2.20. The molecule has 1 saturated heterocycles. The van der Waals surface area contributed by atoms with E-state index in [0.29, 0.717) is 12.0 Å². The van der Waals surface area contributed by atoms with Crippen LogP contribution in [-0.2, 0) is 11.2 Å². The van der Waals surface area contributed by atoms with Crippen molar-refractivity contribution >= 4 is 16.9 Å². The lowest BCUT2D eigenvalue weighted by Crippen LogP contribution is -2.33. The van der Waals surface area contributed by atoms with Crippen LogP contribution in [0, 0.1) is 12.8 Å². The van der Waals surface area contributed by atoms with Gasteiger partial charge in [0.25, 0.3) is 0 Å². The Kier molecular flexibility index (Phi) is 5.03. The predicted octanol–water partition coefficient (Wildman–Crippen LogP) is 4.57. The Morgan fingerprint density at radius 2 is 1.82 bits per heavy atom. The first-order chi connectivity index (χ1) is 13.5. The fourth-order valence-electron chi connectivity index (χ4n) is 4.12. The molecule has 1 atom stereocenters. The van der Waals surface area contributed by atoms with Gasteiger partial charge in [-0.15, -0.1) is 0 Å². The summed E-state index contributed by atoms with van der Waals surface area (Å²) in [7, 11) is 0. The number of hydrogen-bond acceptors (Lipinski definition) is 3. The molecule has 144 valence electrons. The third-order valence-corrected chi connectivity index (χ3v) is 5.63. The van der Waals surface area contributed by atoms with Crippen molar-refractivity contribution < 1.29 is 9.21 Å². The summed E-state index contributed by atoms with van der Waals surface area (Å²) in [6.45, 7) is 5.76. The minimum absolute atomic E-state index is 0.0816. The highest BCUT2D eigenvalue weighted by Crippen LogP contribution is 2.30. The Bertz CT molecular complexity index is 1080. The number of rotatable bonds is 4. The fraction of sp³-hybridized carbons (Fsp3) is 0.333. The molecule has 2 aromatic carbocycles. The maximum absolute atomic E-state index is 12.6. The van der Waals surface area contributed by atoms with Gasteiger partial charge >= 0.3 is 5.63 Å². The number of aryl methyl sites for hydroxylation is 1. The van der Waals surface area contributed by atoms with Crippen molar-refractivity contribution in [1.29, 1.82) is 0 Å². The Labute approximate surface area is 164 Å². The van der Waals surface area contributed by atoms with E-state index >= 15 is 0 Å². The van der Waals surface area contributed by atoms with Gasteiger partial charge in [0.2, 0.25) is 5.91 Å². The Morgan fingerprint density at radius 3 is 2.57 bits per heavy atom. The number of hydrogen-bond donors (Lipinski definition) is 0. The van der Waals surface area contributed by atoms with Gasteiger partial charge in [0.1, 0.15) is 5.58 Å². The first kappa shape index (κ1) is 18.5. The first-order valence-corrected chi connectivity index (χ1v) is 9.94. The number of amides is 1. The van der Waals surface area contributed by atoms with Crippen LogP contribution >= 0.6 is 0 Å². The SMILES string of the molecule is Cc1ccccc1-c1cc(=O)oc2cc(CC(C)C(=O)N3CCCC3)ccc12. The lowest BCUT2D eigenvalue weighted by molar-refractivity contribution is -0.133. The highest BCUT2D eigenvalue weighted by atomic mass is 16.4. The monoisotopic (exact) mass is 375 g/mol. The van der Waals surface area contributed by atoms with Gasteiger partial charge in [0, 0.05) is 36.0 Å². The van der Waals surface area contributed by atoms with Crippen LogP contribution in [0.15, 0.2) is 57.7 Å². The van der Waals surface area contributed by atoms with Crippen LogP contribution in [0.2, 0.25) is 0 Å². The maximum Gasteiger partial charge on any atom is 0.336 e. The molecule has 2 heterocycles. The highest BCUT2D eigenvalue weighted by Gasteiger charge is 2.23. The zero-order valence-corrected chi connectivity index (χ0v) is 16.4. The summed E-state index contributed by atoms with van der Waals surface area (Å²) in [6, 6.07) is 15.5. The standard InChI is InChI=1S/C24H25NO3/c1-16-7-3-4-8-19(16)21-15-23(26)28-22-14-18(9-10-20(21)22)13-17(2)24(27)25-11-5-6-12-25/h3-4,7-10,14-15,17H,5-6,11-13H2,1-2H3. The smallest absolute Gasteiger partial charge is 0.336 e. The van der Waals surface area contributed by atoms with Crippen LogP contribution in [-0.4, -0.2) is 23.9 Å². The Balaban J connectivity index is 1.67. The van der Waals surface area contributed by atoms with Gasteiger partial charge in [-0.2, -0.15) is 0 Å². The zero-order valence-electron chi connectivity index (χ0n) is 16.4. The quantitative estimate of drug-likeness (QED) is 0.628. The summed E-state index contributed by atoms with van der Waals surface area (Å²) in [6.07, 6.45) is 2.84. The Hall–Kier alpha value is -2.88. The van der Waals surface area contributed by atoms with Crippen molar-refractivity contribution in [3.05, 3.63) is 70.1 Å². The summed E-state index contributed by atoms with van der Waals surface area (Å²) in [4.78, 5) is 26.7. The molecule has 4 rings (SSSR count). The van der Waals surface area contributed by atoms with Gasteiger partial charge < -0.3 is 9.32 Å². The van der Waals surface area contributed by atoms with Gasteiger partial charge in [-0.1, -0.05) is 43.3 Å². The number of fused-ring (bicyclic) bond motifs is 1. The number of benzene rings is 2. The molecule has 0 radical (unpaired) electrons. The largest absolute Gasteiger partial charge is 0.423 e. The lowest BCUT2D eigenvalue weighted by atomic mass is 9.95. The molecule has 1 unspecified atom stereocenters. The minimum Gasteiger partial charge on any atom is -0.423 e. The molecule has 28 heavy (non-hydrogen) atoms. The van der Waals surface area contributed by atoms with Gasteiger partial charge in [-0.3, -0.25) is 4.79 Å². The predicted molar refractivity (Wildman–Crippen MR) is 111 cm³/mol. The van der Waals surface area contributed by atoms with Gasteiger partial charge in [-0.25, -0.2) is 4.79 Å². The molecule has 1 aliphatic rings. The number of carbonyl (C=O) groups is 1. The van der Waals surface area contributed by atoms with E-state index in [0.717, 1.165) is 53.6 Å². The van der Waals surface area contributed by atoms with E-state index in [2.05, 4.69) is 0 Å². The number of carbonyl (C=O) groups excluding carboxylic acids is 1. The molecule has 1 aliphatic heterocycles. The average Bonchev–Trinajstić information content (AvgIpc) is 3.21. The van der Waals surface area contributed by atoms with Crippen LogP contribution in [0.1, 0.15) is 30.9 Å². The molecule has 1 aromatic heterocycles. The third kappa shape index (κ3) is 3.59. The van der Waals surface area contributed by atoms with Gasteiger partial charge in [-0.05, 0) is 48.9 Å². The maximum atomic E-state index is 12.6. The van der Waals surface area contributed by atoms with Crippen molar-refractivity contribution in [2.75, 3.05) is 13.1 Å². The topological polar surface area (TPSA) is 50.5 Å². The van der Waals surface area contributed by atoms with Crippen molar-refractivity contribution in [2.45, 2.75) is 33.1 Å². The first-order valence-electron chi connectivity index (χ1n) is 9.94. The average molecular weight is 375 g/mol. The normalized spacial score (nSPS) is 15.1. The molecule has 0 saturated carbocycles. The second-order valence-electron chi connectivity index (χ2n) is 7.76. The van der Waals surface area contributed by atoms with Crippen molar-refractivity contribution in [3.8, 4) is 11.1 Å². The summed E-state index contributed by atoms with van der Waals surface area (Å²) in [5.74, 6) is 0.134. The van der Waals surface area contributed by atoms with Gasteiger partial charge in [0.05, 0.1) is 0 Å². The van der Waals surface area contributed by atoms with Crippen molar-refractivity contribution in [1.82, 2.24) is 4.90 Å². The van der Waals surface area contributed by atoms with E-state index in [4.69, 9.17) is 4.42 Å². The summed E-state index contributed by atoms with van der Waals surface area (Å²) in [5, 5.41) is 0.913. The van der Waals surface area contributed by atoms with Crippen LogP contribution in [0.4, 0.5) is 0 Å². The van der Waals surface area contributed by atoms with Gasteiger partial charge in [0.15, 0.2) is 0 Å². The molecular weight excluding hydrogens is 350 g/mol. The van der Waals surface area contributed by atoms with E-state index in [9.17, 15) is 9.59 Å². The summed E-state index contributed by atoms with van der Waals surface area (Å²) >= 11 is 0. The minimum atomic E-state index is -0.357. The van der Waals surface area contributed by atoms with Crippen LogP contribution < -0.4 is 5.63 Å². The second kappa shape index (κ2) is 7.63. The van der Waals surface area contributed by atoms with Crippen LogP contribution in [0.5, 0.6) is 0 Å². The van der Waals surface area contributed by atoms with Crippen LogP contribution in [0.25, 0.3) is 22.1 Å². The molecule has 4 heteroatoms. The molecule has 0 spiro atoms. The fourth-order valence-corrected chi connectivity index (χ4v) is 4.12. The van der Waals surface area contributed by atoms with Crippen molar-refractivity contribution in [3.63, 3.8) is 0 Å². The molecule has 1 fully saturated rings. The molecule has 0 N–H and O–H groups in total. The van der Waals surface area contributed by atoms with E-state index in [1.807, 2.05) is 61.2 Å². The van der Waals surface area contributed by atoms with Crippen LogP contribution in [0.3, 0.4) is 0 Å². The van der Waals surface area contributed by atoms with E-state index in [1.165, 1.54) is 0 Å².